The number of nitrogens with zero attached hydrogens (tertiary/aromatic N) is 2. The summed E-state index contributed by atoms with van der Waals surface area (Å²) in [4.78, 5) is 24.9. The van der Waals surface area contributed by atoms with E-state index in [2.05, 4.69) is 0 Å². The molecule has 2 aromatic carbocycles. The molecule has 1 aliphatic rings. The molecular formula is C17H11FN2O3S2. The molecule has 0 N–H and O–H groups in total. The summed E-state index contributed by atoms with van der Waals surface area (Å²) in [6.07, 6.45) is 1.56. The number of nitro groups is 1. The van der Waals surface area contributed by atoms with Gasteiger partial charge in [-0.15, -0.1) is 0 Å². The quantitative estimate of drug-likeness (QED) is 0.344. The number of rotatable bonds is 3. The molecule has 1 amide bonds. The molecule has 5 nitrogen and oxygen atoms in total. The summed E-state index contributed by atoms with van der Waals surface area (Å²) >= 11 is 6.34. The molecule has 1 saturated heterocycles. The molecule has 25 heavy (non-hydrogen) atoms. The van der Waals surface area contributed by atoms with E-state index in [1.807, 2.05) is 0 Å². The van der Waals surface area contributed by atoms with Crippen molar-refractivity contribution in [3.8, 4) is 0 Å². The maximum Gasteiger partial charge on any atom is 0.272 e. The third-order valence-corrected chi connectivity index (χ3v) is 4.91. The number of amides is 1. The molecular weight excluding hydrogens is 363 g/mol. The van der Waals surface area contributed by atoms with E-state index in [1.54, 1.807) is 25.1 Å². The lowest BCUT2D eigenvalue weighted by Gasteiger charge is -2.14. The summed E-state index contributed by atoms with van der Waals surface area (Å²) in [7, 11) is 0. The Balaban J connectivity index is 1.94. The van der Waals surface area contributed by atoms with Gasteiger partial charge in [0.05, 0.1) is 15.5 Å². The van der Waals surface area contributed by atoms with Gasteiger partial charge in [-0.1, -0.05) is 36.1 Å². The second kappa shape index (κ2) is 6.73. The number of thiocarbonyl (C=S) groups is 1. The molecule has 0 saturated carbocycles. The van der Waals surface area contributed by atoms with E-state index in [9.17, 15) is 19.3 Å². The molecule has 0 radical (unpaired) electrons. The fraction of sp³-hybridized carbons (Fsp3) is 0.0588. The lowest BCUT2D eigenvalue weighted by molar-refractivity contribution is -0.385. The Morgan fingerprint density at radius 3 is 2.56 bits per heavy atom. The van der Waals surface area contributed by atoms with Crippen molar-refractivity contribution < 1.29 is 14.1 Å². The number of benzene rings is 2. The van der Waals surface area contributed by atoms with Gasteiger partial charge in [0.15, 0.2) is 4.32 Å². The molecule has 1 fully saturated rings. The van der Waals surface area contributed by atoms with Gasteiger partial charge in [0.1, 0.15) is 5.82 Å². The molecule has 0 aliphatic carbocycles. The highest BCUT2D eigenvalue weighted by molar-refractivity contribution is 8.27. The summed E-state index contributed by atoms with van der Waals surface area (Å²) in [6.45, 7) is 1.65. The second-order valence-electron chi connectivity index (χ2n) is 5.30. The summed E-state index contributed by atoms with van der Waals surface area (Å²) in [5, 5.41) is 11.0. The number of carbonyl (C=O) groups excluding carboxylic acids is 1. The Kier molecular flexibility index (Phi) is 4.65. The van der Waals surface area contributed by atoms with Crippen molar-refractivity contribution in [2.75, 3.05) is 4.90 Å². The van der Waals surface area contributed by atoms with Crippen LogP contribution in [0.2, 0.25) is 0 Å². The molecule has 1 aliphatic heterocycles. The first kappa shape index (κ1) is 17.2. The van der Waals surface area contributed by atoms with E-state index in [4.69, 9.17) is 12.2 Å². The highest BCUT2D eigenvalue weighted by Crippen LogP contribution is 2.36. The van der Waals surface area contributed by atoms with Crippen LogP contribution in [0, 0.1) is 22.9 Å². The van der Waals surface area contributed by atoms with Gasteiger partial charge in [0.2, 0.25) is 0 Å². The standard InChI is InChI=1S/C17H11FN2O3S2/c1-10-2-3-11(8-14(10)20(22)23)9-15-16(21)19(17(24)25-15)13-6-4-12(18)5-7-13/h2-9H,1H3/b15-9+. The Morgan fingerprint density at radius 2 is 1.92 bits per heavy atom. The van der Waals surface area contributed by atoms with Crippen LogP contribution >= 0.6 is 24.0 Å². The summed E-state index contributed by atoms with van der Waals surface area (Å²) in [5.41, 5.74) is 1.54. The number of hydrogen-bond acceptors (Lipinski definition) is 5. The van der Waals surface area contributed by atoms with Crippen LogP contribution in [-0.2, 0) is 4.79 Å². The highest BCUT2D eigenvalue weighted by Gasteiger charge is 2.33. The molecule has 0 bridgehead atoms. The van der Waals surface area contributed by atoms with Gasteiger partial charge < -0.3 is 0 Å². The zero-order valence-electron chi connectivity index (χ0n) is 12.9. The van der Waals surface area contributed by atoms with Gasteiger partial charge in [0.25, 0.3) is 11.6 Å². The first-order valence-corrected chi connectivity index (χ1v) is 8.38. The Labute approximate surface area is 152 Å². The van der Waals surface area contributed by atoms with Crippen molar-refractivity contribution in [1.82, 2.24) is 0 Å². The van der Waals surface area contributed by atoms with Gasteiger partial charge >= 0.3 is 0 Å². The van der Waals surface area contributed by atoms with E-state index in [1.165, 1.54) is 35.2 Å². The molecule has 0 spiro atoms. The maximum absolute atomic E-state index is 13.1. The van der Waals surface area contributed by atoms with Crippen LogP contribution in [0.5, 0.6) is 0 Å². The predicted octanol–water partition coefficient (Wildman–Crippen LogP) is 4.45. The fourth-order valence-electron chi connectivity index (χ4n) is 2.34. The van der Waals surface area contributed by atoms with Gasteiger partial charge in [-0.05, 0) is 42.8 Å². The van der Waals surface area contributed by atoms with Crippen molar-refractivity contribution in [2.24, 2.45) is 0 Å². The lowest BCUT2D eigenvalue weighted by Crippen LogP contribution is -2.27. The van der Waals surface area contributed by atoms with E-state index in [-0.39, 0.29) is 11.6 Å². The van der Waals surface area contributed by atoms with Crippen LogP contribution in [-0.4, -0.2) is 15.2 Å². The predicted molar refractivity (Wildman–Crippen MR) is 99.9 cm³/mol. The van der Waals surface area contributed by atoms with E-state index in [0.717, 1.165) is 11.8 Å². The number of aryl methyl sites for hydroxylation is 1. The van der Waals surface area contributed by atoms with E-state index >= 15 is 0 Å². The van der Waals surface area contributed by atoms with Crippen LogP contribution in [0.15, 0.2) is 47.4 Å². The number of thioether (sulfide) groups is 1. The minimum absolute atomic E-state index is 0.0113. The minimum atomic E-state index is -0.462. The first-order chi connectivity index (χ1) is 11.9. The SMILES string of the molecule is Cc1ccc(/C=C2/SC(=S)N(c3ccc(F)cc3)C2=O)cc1[N+](=O)[O-]. The van der Waals surface area contributed by atoms with Crippen LogP contribution in [0.3, 0.4) is 0 Å². The normalized spacial score (nSPS) is 15.9. The lowest BCUT2D eigenvalue weighted by atomic mass is 10.1. The molecule has 1 heterocycles. The topological polar surface area (TPSA) is 63.5 Å². The van der Waals surface area contributed by atoms with Crippen LogP contribution in [0.25, 0.3) is 6.08 Å². The van der Waals surface area contributed by atoms with Gasteiger partial charge in [0, 0.05) is 11.6 Å². The van der Waals surface area contributed by atoms with Crippen LogP contribution in [0.1, 0.15) is 11.1 Å². The smallest absolute Gasteiger partial charge is 0.268 e. The number of hydrogen-bond donors (Lipinski definition) is 0. The largest absolute Gasteiger partial charge is 0.272 e. The molecule has 0 aromatic heterocycles. The highest BCUT2D eigenvalue weighted by atomic mass is 32.2. The Morgan fingerprint density at radius 1 is 1.24 bits per heavy atom. The van der Waals surface area contributed by atoms with Crippen molar-refractivity contribution in [3.63, 3.8) is 0 Å². The first-order valence-electron chi connectivity index (χ1n) is 7.15. The molecule has 3 rings (SSSR count). The van der Waals surface area contributed by atoms with Crippen molar-refractivity contribution in [3.05, 3.63) is 74.4 Å². The van der Waals surface area contributed by atoms with Gasteiger partial charge in [-0.3, -0.25) is 19.8 Å². The van der Waals surface area contributed by atoms with Crippen molar-refractivity contribution in [2.45, 2.75) is 6.92 Å². The maximum atomic E-state index is 13.1. The number of nitro benzene ring substituents is 1. The molecule has 0 unspecified atom stereocenters. The third kappa shape index (κ3) is 3.45. The number of carbonyl (C=O) groups is 1. The summed E-state index contributed by atoms with van der Waals surface area (Å²) < 4.78 is 13.4. The molecule has 126 valence electrons. The average molecular weight is 374 g/mol. The fourth-order valence-corrected chi connectivity index (χ4v) is 3.64. The zero-order chi connectivity index (χ0) is 18.1. The Hall–Kier alpha value is -2.58. The molecule has 0 atom stereocenters. The molecule has 2 aromatic rings. The van der Waals surface area contributed by atoms with Gasteiger partial charge in [-0.2, -0.15) is 0 Å². The zero-order valence-corrected chi connectivity index (χ0v) is 14.6. The monoisotopic (exact) mass is 374 g/mol. The average Bonchev–Trinajstić information content (AvgIpc) is 2.84. The van der Waals surface area contributed by atoms with Crippen molar-refractivity contribution in [1.29, 1.82) is 0 Å². The summed E-state index contributed by atoms with van der Waals surface area (Å²) in [5.74, 6) is -0.749. The summed E-state index contributed by atoms with van der Waals surface area (Å²) in [6, 6.07) is 10.2. The minimum Gasteiger partial charge on any atom is -0.268 e. The third-order valence-electron chi connectivity index (χ3n) is 3.61. The Bertz CT molecular complexity index is 926. The number of anilines is 1. The van der Waals surface area contributed by atoms with Gasteiger partial charge in [-0.25, -0.2) is 4.39 Å². The number of halogens is 1. The van der Waals surface area contributed by atoms with Crippen LogP contribution in [0.4, 0.5) is 15.8 Å². The van der Waals surface area contributed by atoms with E-state index in [0.29, 0.717) is 26.0 Å². The van der Waals surface area contributed by atoms with E-state index < -0.39 is 10.7 Å². The van der Waals surface area contributed by atoms with Crippen LogP contribution < -0.4 is 4.90 Å². The molecule has 8 heteroatoms. The second-order valence-corrected chi connectivity index (χ2v) is 6.97. The van der Waals surface area contributed by atoms with Crippen molar-refractivity contribution >= 4 is 51.7 Å².